The van der Waals surface area contributed by atoms with Crippen molar-refractivity contribution < 1.29 is 14.3 Å². The Morgan fingerprint density at radius 2 is 2.20 bits per heavy atom. The molecule has 2 rings (SSSR count). The molecular weight excluding hydrogens is 294 g/mol. The van der Waals surface area contributed by atoms with Gasteiger partial charge in [-0.1, -0.05) is 6.07 Å². The standard InChI is InChI=1S/C14H13NO3S2/c16-13(15-8-12-2-1-6-20-12)9-18-14(17)4-3-11-5-7-19-10-11/h1-7,10H,8-9H2,(H,15,16)/b4-3+. The lowest BCUT2D eigenvalue weighted by atomic mass is 10.3. The molecule has 0 saturated carbocycles. The van der Waals surface area contributed by atoms with E-state index in [2.05, 4.69) is 5.32 Å². The molecule has 0 radical (unpaired) electrons. The lowest BCUT2D eigenvalue weighted by Gasteiger charge is -2.03. The van der Waals surface area contributed by atoms with Gasteiger partial charge in [0.25, 0.3) is 5.91 Å². The van der Waals surface area contributed by atoms with Gasteiger partial charge in [0.2, 0.25) is 0 Å². The van der Waals surface area contributed by atoms with Gasteiger partial charge >= 0.3 is 5.97 Å². The highest BCUT2D eigenvalue weighted by Gasteiger charge is 2.05. The van der Waals surface area contributed by atoms with E-state index < -0.39 is 5.97 Å². The van der Waals surface area contributed by atoms with Crippen molar-refractivity contribution in [3.05, 3.63) is 50.9 Å². The average molecular weight is 307 g/mol. The van der Waals surface area contributed by atoms with Gasteiger partial charge in [-0.05, 0) is 39.9 Å². The Morgan fingerprint density at radius 1 is 1.30 bits per heavy atom. The molecule has 20 heavy (non-hydrogen) atoms. The molecule has 0 aliphatic carbocycles. The smallest absolute Gasteiger partial charge is 0.331 e. The number of carbonyl (C=O) groups is 2. The summed E-state index contributed by atoms with van der Waals surface area (Å²) in [7, 11) is 0. The van der Waals surface area contributed by atoms with E-state index in [1.165, 1.54) is 6.08 Å². The minimum absolute atomic E-state index is 0.266. The molecule has 0 aromatic carbocycles. The van der Waals surface area contributed by atoms with Gasteiger partial charge in [0, 0.05) is 11.0 Å². The van der Waals surface area contributed by atoms with Gasteiger partial charge in [-0.25, -0.2) is 4.79 Å². The van der Waals surface area contributed by atoms with Crippen molar-refractivity contribution in [2.45, 2.75) is 6.54 Å². The Bertz CT molecular complexity index is 574. The van der Waals surface area contributed by atoms with Crippen LogP contribution in [0.1, 0.15) is 10.4 Å². The van der Waals surface area contributed by atoms with Gasteiger partial charge in [0.05, 0.1) is 6.54 Å². The molecule has 104 valence electrons. The number of hydrogen-bond acceptors (Lipinski definition) is 5. The summed E-state index contributed by atoms with van der Waals surface area (Å²) in [6.07, 6.45) is 2.97. The zero-order valence-electron chi connectivity index (χ0n) is 10.6. The first-order valence-electron chi connectivity index (χ1n) is 5.90. The molecule has 1 N–H and O–H groups in total. The molecule has 0 aliphatic rings. The first-order valence-corrected chi connectivity index (χ1v) is 7.72. The van der Waals surface area contributed by atoms with Gasteiger partial charge in [0.15, 0.2) is 6.61 Å². The Hall–Kier alpha value is -1.92. The Kier molecular flexibility index (Phi) is 5.52. The maximum atomic E-state index is 11.5. The van der Waals surface area contributed by atoms with Crippen LogP contribution in [0.2, 0.25) is 0 Å². The van der Waals surface area contributed by atoms with Gasteiger partial charge in [-0.15, -0.1) is 11.3 Å². The third-order valence-corrected chi connectivity index (χ3v) is 3.92. The molecule has 0 atom stereocenters. The second-order valence-electron chi connectivity index (χ2n) is 3.85. The van der Waals surface area contributed by atoms with Crippen LogP contribution in [0.15, 0.2) is 40.4 Å². The molecule has 0 bridgehead atoms. The molecule has 2 heterocycles. The van der Waals surface area contributed by atoms with Crippen LogP contribution in [0.5, 0.6) is 0 Å². The molecule has 2 aromatic rings. The molecule has 4 nitrogen and oxygen atoms in total. The van der Waals surface area contributed by atoms with E-state index >= 15 is 0 Å². The molecule has 1 amide bonds. The van der Waals surface area contributed by atoms with Crippen LogP contribution in [0, 0.1) is 0 Å². The molecule has 0 spiro atoms. The molecule has 2 aromatic heterocycles. The summed E-state index contributed by atoms with van der Waals surface area (Å²) < 4.78 is 4.84. The van der Waals surface area contributed by atoms with E-state index in [-0.39, 0.29) is 12.5 Å². The number of carbonyl (C=O) groups excluding carboxylic acids is 2. The van der Waals surface area contributed by atoms with Crippen molar-refractivity contribution in [2.24, 2.45) is 0 Å². The third-order valence-electron chi connectivity index (χ3n) is 2.34. The Balaban J connectivity index is 1.66. The number of nitrogens with one attached hydrogen (secondary N) is 1. The fourth-order valence-corrected chi connectivity index (χ4v) is 2.64. The number of esters is 1. The van der Waals surface area contributed by atoms with Crippen molar-refractivity contribution in [2.75, 3.05) is 6.61 Å². The van der Waals surface area contributed by atoms with Crippen molar-refractivity contribution in [1.82, 2.24) is 5.32 Å². The van der Waals surface area contributed by atoms with E-state index in [1.807, 2.05) is 34.3 Å². The van der Waals surface area contributed by atoms with Crippen LogP contribution in [0.3, 0.4) is 0 Å². The summed E-state index contributed by atoms with van der Waals surface area (Å²) in [6, 6.07) is 5.74. The van der Waals surface area contributed by atoms with Crippen molar-refractivity contribution >= 4 is 40.6 Å². The van der Waals surface area contributed by atoms with Crippen LogP contribution >= 0.6 is 22.7 Å². The first-order chi connectivity index (χ1) is 9.74. The van der Waals surface area contributed by atoms with Gasteiger partial charge in [0.1, 0.15) is 0 Å². The van der Waals surface area contributed by atoms with Crippen molar-refractivity contribution in [1.29, 1.82) is 0 Å². The maximum absolute atomic E-state index is 11.5. The zero-order chi connectivity index (χ0) is 14.2. The quantitative estimate of drug-likeness (QED) is 0.659. The third kappa shape index (κ3) is 4.99. The summed E-state index contributed by atoms with van der Waals surface area (Å²) in [4.78, 5) is 23.9. The fraction of sp³-hybridized carbons (Fsp3) is 0.143. The molecule has 6 heteroatoms. The lowest BCUT2D eigenvalue weighted by molar-refractivity contribution is -0.143. The van der Waals surface area contributed by atoms with Crippen molar-refractivity contribution in [3.8, 4) is 0 Å². The minimum atomic E-state index is -0.525. The number of hydrogen-bond donors (Lipinski definition) is 1. The van der Waals surface area contributed by atoms with Crippen LogP contribution in [-0.4, -0.2) is 18.5 Å². The molecule has 0 saturated heterocycles. The second-order valence-corrected chi connectivity index (χ2v) is 5.67. The summed E-state index contributed by atoms with van der Waals surface area (Å²) in [6.45, 7) is 0.191. The molecule has 0 unspecified atom stereocenters. The largest absolute Gasteiger partial charge is 0.452 e. The first kappa shape index (κ1) is 14.5. The Labute approximate surface area is 124 Å². The number of ether oxygens (including phenoxy) is 1. The minimum Gasteiger partial charge on any atom is -0.452 e. The highest BCUT2D eigenvalue weighted by molar-refractivity contribution is 7.09. The summed E-state index contributed by atoms with van der Waals surface area (Å²) in [5.74, 6) is -0.835. The number of rotatable bonds is 6. The van der Waals surface area contributed by atoms with E-state index in [0.29, 0.717) is 6.54 Å². The van der Waals surface area contributed by atoms with Gasteiger partial charge < -0.3 is 10.1 Å². The monoisotopic (exact) mass is 307 g/mol. The van der Waals surface area contributed by atoms with Crippen molar-refractivity contribution in [3.63, 3.8) is 0 Å². The van der Waals surface area contributed by atoms with Gasteiger partial charge in [-0.2, -0.15) is 11.3 Å². The highest BCUT2D eigenvalue weighted by Crippen LogP contribution is 2.08. The van der Waals surface area contributed by atoms with Crippen LogP contribution in [0.25, 0.3) is 6.08 Å². The fourth-order valence-electron chi connectivity index (χ4n) is 1.37. The topological polar surface area (TPSA) is 55.4 Å². The number of thiophene rings is 2. The SMILES string of the molecule is O=C(COC(=O)/C=C/c1ccsc1)NCc1cccs1. The second kappa shape index (κ2) is 7.62. The molecule has 0 fully saturated rings. The predicted molar refractivity (Wildman–Crippen MR) is 80.5 cm³/mol. The van der Waals surface area contributed by atoms with E-state index in [4.69, 9.17) is 4.74 Å². The normalized spacial score (nSPS) is 10.6. The Morgan fingerprint density at radius 3 is 2.90 bits per heavy atom. The van der Waals surface area contributed by atoms with Gasteiger partial charge in [-0.3, -0.25) is 4.79 Å². The van der Waals surface area contributed by atoms with Crippen LogP contribution < -0.4 is 5.32 Å². The molecular formula is C14H13NO3S2. The number of amides is 1. The predicted octanol–water partition coefficient (Wildman–Crippen LogP) is 2.68. The summed E-state index contributed by atoms with van der Waals surface area (Å²) in [5.41, 5.74) is 0.939. The van der Waals surface area contributed by atoms with Crippen LogP contribution in [0.4, 0.5) is 0 Å². The average Bonchev–Trinajstić information content (AvgIpc) is 3.13. The molecule has 0 aliphatic heterocycles. The summed E-state index contributed by atoms with van der Waals surface area (Å²) >= 11 is 3.11. The van der Waals surface area contributed by atoms with E-state index in [9.17, 15) is 9.59 Å². The maximum Gasteiger partial charge on any atom is 0.331 e. The van der Waals surface area contributed by atoms with E-state index in [1.54, 1.807) is 28.7 Å². The highest BCUT2D eigenvalue weighted by atomic mass is 32.1. The van der Waals surface area contributed by atoms with Crippen LogP contribution in [-0.2, 0) is 20.9 Å². The zero-order valence-corrected chi connectivity index (χ0v) is 12.2. The van der Waals surface area contributed by atoms with E-state index in [0.717, 1.165) is 10.4 Å². The lowest BCUT2D eigenvalue weighted by Crippen LogP contribution is -2.27. The summed E-state index contributed by atoms with van der Waals surface area (Å²) in [5, 5.41) is 8.46.